The summed E-state index contributed by atoms with van der Waals surface area (Å²) in [6.45, 7) is 0.683. The van der Waals surface area contributed by atoms with E-state index >= 15 is 0 Å². The van der Waals surface area contributed by atoms with Gasteiger partial charge in [0.1, 0.15) is 6.61 Å². The number of hydrogen-bond acceptors (Lipinski definition) is 4. The average molecular weight is 362 g/mol. The Morgan fingerprint density at radius 3 is 2.48 bits per heavy atom. The fraction of sp³-hybridized carbons (Fsp3) is 0.278. The van der Waals surface area contributed by atoms with Crippen LogP contribution in [-0.2, 0) is 32.5 Å². The molecule has 0 heterocycles. The zero-order valence-corrected chi connectivity index (χ0v) is 14.9. The Balaban J connectivity index is 1.74. The third-order valence-corrected chi connectivity index (χ3v) is 4.99. The van der Waals surface area contributed by atoms with Crippen molar-refractivity contribution in [2.24, 2.45) is 0 Å². The van der Waals surface area contributed by atoms with Crippen LogP contribution in [0.2, 0.25) is 0 Å². The van der Waals surface area contributed by atoms with E-state index in [1.165, 1.54) is 19.2 Å². The lowest BCUT2D eigenvalue weighted by atomic mass is 10.2. The largest absolute Gasteiger partial charge is 0.371 e. The van der Waals surface area contributed by atoms with Crippen LogP contribution in [0.5, 0.6) is 0 Å². The van der Waals surface area contributed by atoms with Crippen LogP contribution in [0, 0.1) is 0 Å². The van der Waals surface area contributed by atoms with E-state index in [1.807, 2.05) is 30.3 Å². The van der Waals surface area contributed by atoms with Crippen LogP contribution in [0.3, 0.4) is 0 Å². The Hall–Kier alpha value is -2.22. The first-order valence-electron chi connectivity index (χ1n) is 7.92. The summed E-state index contributed by atoms with van der Waals surface area (Å²) < 4.78 is 31.2. The number of carbonyl (C=O) groups is 1. The highest BCUT2D eigenvalue weighted by Crippen LogP contribution is 2.10. The van der Waals surface area contributed by atoms with E-state index < -0.39 is 10.0 Å². The zero-order valence-electron chi connectivity index (χ0n) is 14.1. The Labute approximate surface area is 148 Å². The number of amides is 1. The summed E-state index contributed by atoms with van der Waals surface area (Å²) in [7, 11) is -2.13. The van der Waals surface area contributed by atoms with Gasteiger partial charge in [-0.25, -0.2) is 13.1 Å². The summed E-state index contributed by atoms with van der Waals surface area (Å²) >= 11 is 0. The molecule has 1 amide bonds. The van der Waals surface area contributed by atoms with Crippen LogP contribution >= 0.6 is 0 Å². The van der Waals surface area contributed by atoms with E-state index in [1.54, 1.807) is 12.1 Å². The maximum absolute atomic E-state index is 11.8. The summed E-state index contributed by atoms with van der Waals surface area (Å²) in [5, 5.41) is 2.72. The minimum atomic E-state index is -3.49. The van der Waals surface area contributed by atoms with Gasteiger partial charge in [-0.1, -0.05) is 42.5 Å². The molecule has 0 bridgehead atoms. The Morgan fingerprint density at radius 2 is 1.76 bits per heavy atom. The molecular weight excluding hydrogens is 340 g/mol. The molecule has 2 aromatic carbocycles. The molecule has 25 heavy (non-hydrogen) atoms. The van der Waals surface area contributed by atoms with Gasteiger partial charge in [0, 0.05) is 6.54 Å². The number of carbonyl (C=O) groups excluding carboxylic acids is 1. The van der Waals surface area contributed by atoms with Crippen molar-refractivity contribution in [1.29, 1.82) is 0 Å². The Kier molecular flexibility index (Phi) is 7.12. The average Bonchev–Trinajstić information content (AvgIpc) is 2.64. The maximum atomic E-state index is 11.8. The summed E-state index contributed by atoms with van der Waals surface area (Å²) in [5.41, 5.74) is 1.86. The van der Waals surface area contributed by atoms with Gasteiger partial charge in [0.2, 0.25) is 15.9 Å². The molecule has 7 heteroatoms. The van der Waals surface area contributed by atoms with E-state index in [4.69, 9.17) is 4.74 Å². The van der Waals surface area contributed by atoms with E-state index in [-0.39, 0.29) is 24.0 Å². The highest BCUT2D eigenvalue weighted by atomic mass is 32.2. The van der Waals surface area contributed by atoms with Crippen LogP contribution in [0.15, 0.2) is 59.5 Å². The number of hydrogen-bond donors (Lipinski definition) is 2. The molecule has 0 unspecified atom stereocenters. The molecule has 0 saturated heterocycles. The Bertz CT molecular complexity index is 792. The second-order valence-corrected chi connectivity index (χ2v) is 7.31. The molecule has 0 atom stereocenters. The van der Waals surface area contributed by atoms with Crippen molar-refractivity contribution in [3.8, 4) is 0 Å². The van der Waals surface area contributed by atoms with Gasteiger partial charge < -0.3 is 10.1 Å². The second kappa shape index (κ2) is 9.31. The lowest BCUT2D eigenvalue weighted by molar-refractivity contribution is -0.125. The van der Waals surface area contributed by atoms with Gasteiger partial charge in [0.25, 0.3) is 0 Å². The smallest absolute Gasteiger partial charge is 0.246 e. The maximum Gasteiger partial charge on any atom is 0.246 e. The molecule has 2 rings (SSSR count). The topological polar surface area (TPSA) is 84.5 Å². The standard InChI is InChI=1S/C18H22N2O4S/c1-19-25(22,23)17-9-5-8-16(12-17)13-20-18(21)14-24-11-10-15-6-3-2-4-7-15/h2-9,12,19H,10-11,13-14H2,1H3,(H,20,21). The number of rotatable bonds is 9. The van der Waals surface area contributed by atoms with E-state index in [9.17, 15) is 13.2 Å². The minimum Gasteiger partial charge on any atom is -0.371 e. The van der Waals surface area contributed by atoms with Gasteiger partial charge in [0.05, 0.1) is 11.5 Å². The third-order valence-electron chi connectivity index (χ3n) is 3.58. The monoisotopic (exact) mass is 362 g/mol. The minimum absolute atomic E-state index is 0.0264. The number of benzene rings is 2. The first-order chi connectivity index (χ1) is 12.0. The van der Waals surface area contributed by atoms with Crippen LogP contribution in [-0.4, -0.2) is 34.6 Å². The van der Waals surface area contributed by atoms with E-state index in [2.05, 4.69) is 10.0 Å². The molecule has 0 aliphatic heterocycles. The third kappa shape index (κ3) is 6.30. The fourth-order valence-electron chi connectivity index (χ4n) is 2.19. The highest BCUT2D eigenvalue weighted by molar-refractivity contribution is 7.89. The van der Waals surface area contributed by atoms with Gasteiger partial charge in [-0.15, -0.1) is 0 Å². The van der Waals surface area contributed by atoms with Crippen molar-refractivity contribution < 1.29 is 17.9 Å². The van der Waals surface area contributed by atoms with E-state index in [0.29, 0.717) is 12.2 Å². The molecule has 2 aromatic rings. The van der Waals surface area contributed by atoms with Crippen molar-refractivity contribution >= 4 is 15.9 Å². The first-order valence-corrected chi connectivity index (χ1v) is 9.40. The molecule has 0 radical (unpaired) electrons. The zero-order chi connectivity index (χ0) is 18.1. The number of sulfonamides is 1. The summed E-state index contributed by atoms with van der Waals surface area (Å²) in [6.07, 6.45) is 0.748. The highest BCUT2D eigenvalue weighted by Gasteiger charge is 2.11. The predicted molar refractivity (Wildman–Crippen MR) is 95.5 cm³/mol. The van der Waals surface area contributed by atoms with Gasteiger partial charge in [0.15, 0.2) is 0 Å². The lowest BCUT2D eigenvalue weighted by Crippen LogP contribution is -2.27. The number of nitrogens with one attached hydrogen (secondary N) is 2. The number of ether oxygens (including phenoxy) is 1. The summed E-state index contributed by atoms with van der Waals surface area (Å²) in [6, 6.07) is 16.3. The Morgan fingerprint density at radius 1 is 1.04 bits per heavy atom. The van der Waals surface area contributed by atoms with Gasteiger partial charge in [-0.05, 0) is 36.7 Å². The quantitative estimate of drug-likeness (QED) is 0.662. The summed E-state index contributed by atoms with van der Waals surface area (Å²) in [5.74, 6) is -0.241. The first kappa shape index (κ1) is 19.1. The molecule has 6 nitrogen and oxygen atoms in total. The van der Waals surface area contributed by atoms with Gasteiger partial charge in [-0.2, -0.15) is 0 Å². The molecular formula is C18H22N2O4S. The van der Waals surface area contributed by atoms with Crippen LogP contribution < -0.4 is 10.0 Å². The molecule has 0 fully saturated rings. The fourth-order valence-corrected chi connectivity index (χ4v) is 2.99. The van der Waals surface area contributed by atoms with Crippen LogP contribution in [0.25, 0.3) is 0 Å². The summed E-state index contributed by atoms with van der Waals surface area (Å²) in [4.78, 5) is 12.0. The predicted octanol–water partition coefficient (Wildman–Crippen LogP) is 1.47. The molecule has 2 N–H and O–H groups in total. The molecule has 0 aliphatic carbocycles. The van der Waals surface area contributed by atoms with Crippen molar-refractivity contribution in [3.05, 3.63) is 65.7 Å². The molecule has 0 spiro atoms. The lowest BCUT2D eigenvalue weighted by Gasteiger charge is -2.08. The normalized spacial score (nSPS) is 11.2. The van der Waals surface area contributed by atoms with Crippen molar-refractivity contribution in [2.75, 3.05) is 20.3 Å². The van der Waals surface area contributed by atoms with E-state index in [0.717, 1.165) is 12.0 Å². The molecule has 0 aliphatic rings. The SMILES string of the molecule is CNS(=O)(=O)c1cccc(CNC(=O)COCCc2ccccc2)c1. The van der Waals surface area contributed by atoms with Crippen molar-refractivity contribution in [1.82, 2.24) is 10.0 Å². The van der Waals surface area contributed by atoms with Crippen LogP contribution in [0.1, 0.15) is 11.1 Å². The molecule has 134 valence electrons. The second-order valence-electron chi connectivity index (χ2n) is 5.42. The van der Waals surface area contributed by atoms with Crippen molar-refractivity contribution in [2.45, 2.75) is 17.9 Å². The molecule has 0 aromatic heterocycles. The van der Waals surface area contributed by atoms with Gasteiger partial charge >= 0.3 is 0 Å². The molecule has 0 saturated carbocycles. The van der Waals surface area contributed by atoms with Crippen LogP contribution in [0.4, 0.5) is 0 Å². The van der Waals surface area contributed by atoms with Gasteiger partial charge in [-0.3, -0.25) is 4.79 Å². The van der Waals surface area contributed by atoms with Crippen molar-refractivity contribution in [3.63, 3.8) is 0 Å².